The molecule has 1 aromatic rings. The monoisotopic (exact) mass is 254 g/mol. The number of nitrogens with one attached hydrogen (secondary N) is 1. The summed E-state index contributed by atoms with van der Waals surface area (Å²) in [5.74, 6) is -1.55. The number of hydrogen-bond acceptors (Lipinski definition) is 2. The van der Waals surface area contributed by atoms with Gasteiger partial charge in [0.1, 0.15) is 0 Å². The summed E-state index contributed by atoms with van der Waals surface area (Å²) in [4.78, 5) is 11.6. The first-order valence-electron chi connectivity index (χ1n) is 6.02. The molecule has 1 fully saturated rings. The maximum Gasteiger partial charge on any atom is 0.224 e. The molecule has 0 saturated heterocycles. The zero-order valence-corrected chi connectivity index (χ0v) is 9.96. The third kappa shape index (κ3) is 3.50. The minimum atomic E-state index is -0.935. The molecule has 1 aromatic carbocycles. The van der Waals surface area contributed by atoms with E-state index in [2.05, 4.69) is 5.32 Å². The predicted molar refractivity (Wildman–Crippen MR) is 63.8 cm³/mol. The fourth-order valence-electron chi connectivity index (χ4n) is 1.82. The van der Waals surface area contributed by atoms with Gasteiger partial charge in [0, 0.05) is 12.6 Å². The predicted octanol–water partition coefficient (Wildman–Crippen LogP) is 1.36. The first-order valence-corrected chi connectivity index (χ1v) is 6.02. The molecule has 1 atom stereocenters. The summed E-state index contributed by atoms with van der Waals surface area (Å²) in [6.45, 7) is 0.438. The van der Waals surface area contributed by atoms with Crippen LogP contribution in [-0.2, 0) is 11.2 Å². The minimum absolute atomic E-state index is 0.00101. The Morgan fingerprint density at radius 1 is 1.39 bits per heavy atom. The molecule has 0 bridgehead atoms. The number of hydrogen-bond donors (Lipinski definition) is 2. The molecule has 1 aliphatic carbocycles. The van der Waals surface area contributed by atoms with Gasteiger partial charge in [-0.05, 0) is 36.5 Å². The molecule has 1 unspecified atom stereocenters. The van der Waals surface area contributed by atoms with Crippen molar-refractivity contribution in [2.45, 2.75) is 25.3 Å². The fraction of sp³-hybridized carbons (Fsp3) is 0.462. The number of carbonyl (C=O) groups is 1. The second-order valence-electron chi connectivity index (χ2n) is 4.73. The largest absolute Gasteiger partial charge is 0.354 e. The Bertz CT molecular complexity index is 447. The van der Waals surface area contributed by atoms with E-state index in [0.717, 1.165) is 25.0 Å². The fourth-order valence-corrected chi connectivity index (χ4v) is 1.82. The highest BCUT2D eigenvalue weighted by Crippen LogP contribution is 2.31. The summed E-state index contributed by atoms with van der Waals surface area (Å²) in [5.41, 5.74) is 6.29. The lowest BCUT2D eigenvalue weighted by Crippen LogP contribution is -2.39. The van der Waals surface area contributed by atoms with Crippen molar-refractivity contribution >= 4 is 5.91 Å². The molecule has 0 radical (unpaired) electrons. The van der Waals surface area contributed by atoms with Crippen LogP contribution in [0.3, 0.4) is 0 Å². The number of rotatable bonds is 5. The van der Waals surface area contributed by atoms with E-state index in [4.69, 9.17) is 5.73 Å². The Labute approximate surface area is 104 Å². The lowest BCUT2D eigenvalue weighted by Gasteiger charge is -2.11. The molecular formula is C13H16F2N2O. The number of halogens is 2. The van der Waals surface area contributed by atoms with E-state index in [1.165, 1.54) is 6.07 Å². The summed E-state index contributed by atoms with van der Waals surface area (Å²) in [5, 5.41) is 2.71. The van der Waals surface area contributed by atoms with Crippen LogP contribution < -0.4 is 11.1 Å². The van der Waals surface area contributed by atoms with Crippen LogP contribution in [0.15, 0.2) is 18.2 Å². The average Bonchev–Trinajstić information content (AvgIpc) is 3.15. The van der Waals surface area contributed by atoms with E-state index in [1.54, 1.807) is 0 Å². The Morgan fingerprint density at radius 2 is 2.11 bits per heavy atom. The van der Waals surface area contributed by atoms with Crippen molar-refractivity contribution in [3.8, 4) is 0 Å². The van der Waals surface area contributed by atoms with E-state index in [-0.39, 0.29) is 18.4 Å². The molecule has 0 heterocycles. The molecule has 18 heavy (non-hydrogen) atoms. The molecule has 1 aliphatic rings. The van der Waals surface area contributed by atoms with Crippen molar-refractivity contribution in [2.75, 3.05) is 6.54 Å². The average molecular weight is 254 g/mol. The lowest BCUT2D eigenvalue weighted by molar-refractivity contribution is -0.120. The Hall–Kier alpha value is -1.49. The maximum atomic E-state index is 12.9. The van der Waals surface area contributed by atoms with Crippen molar-refractivity contribution < 1.29 is 13.6 Å². The van der Waals surface area contributed by atoms with Gasteiger partial charge in [-0.15, -0.1) is 0 Å². The van der Waals surface area contributed by atoms with Crippen LogP contribution in [0.2, 0.25) is 0 Å². The summed E-state index contributed by atoms with van der Waals surface area (Å²) >= 11 is 0. The van der Waals surface area contributed by atoms with Crippen molar-refractivity contribution in [1.82, 2.24) is 5.32 Å². The maximum absolute atomic E-state index is 12.9. The minimum Gasteiger partial charge on any atom is -0.354 e. The van der Waals surface area contributed by atoms with Gasteiger partial charge < -0.3 is 11.1 Å². The molecule has 1 saturated carbocycles. The normalized spacial score (nSPS) is 16.4. The quantitative estimate of drug-likeness (QED) is 0.833. The molecule has 3 nitrogen and oxygen atoms in total. The number of benzene rings is 1. The van der Waals surface area contributed by atoms with E-state index < -0.39 is 11.6 Å². The standard InChI is InChI=1S/C13H16F2N2O/c14-10-4-1-8(5-11(10)15)6-13(18)17-7-12(16)9-2-3-9/h1,4-5,9,12H,2-3,6-7,16H2,(H,17,18). The van der Waals surface area contributed by atoms with Crippen LogP contribution in [0, 0.1) is 17.6 Å². The van der Waals surface area contributed by atoms with Gasteiger partial charge >= 0.3 is 0 Å². The molecule has 98 valence electrons. The topological polar surface area (TPSA) is 55.1 Å². The van der Waals surface area contributed by atoms with Gasteiger partial charge in [0.05, 0.1) is 6.42 Å². The molecule has 0 spiro atoms. The van der Waals surface area contributed by atoms with E-state index in [0.29, 0.717) is 18.0 Å². The Balaban J connectivity index is 1.80. The third-order valence-electron chi connectivity index (χ3n) is 3.11. The van der Waals surface area contributed by atoms with Crippen molar-refractivity contribution in [2.24, 2.45) is 11.7 Å². The van der Waals surface area contributed by atoms with Crippen LogP contribution >= 0.6 is 0 Å². The molecule has 3 N–H and O–H groups in total. The smallest absolute Gasteiger partial charge is 0.224 e. The molecule has 5 heteroatoms. The number of nitrogens with two attached hydrogens (primary N) is 1. The zero-order chi connectivity index (χ0) is 13.1. The molecule has 1 amide bonds. The molecule has 0 aromatic heterocycles. The number of amides is 1. The molecular weight excluding hydrogens is 238 g/mol. The summed E-state index contributed by atoms with van der Waals surface area (Å²) in [6.07, 6.45) is 2.29. The van der Waals surface area contributed by atoms with Crippen LogP contribution in [-0.4, -0.2) is 18.5 Å². The highest BCUT2D eigenvalue weighted by molar-refractivity contribution is 5.78. The van der Waals surface area contributed by atoms with Crippen LogP contribution in [0.5, 0.6) is 0 Å². The Morgan fingerprint density at radius 3 is 2.72 bits per heavy atom. The number of carbonyl (C=O) groups excluding carboxylic acids is 1. The summed E-state index contributed by atoms with van der Waals surface area (Å²) in [6, 6.07) is 3.46. The van der Waals surface area contributed by atoms with E-state index >= 15 is 0 Å². The van der Waals surface area contributed by atoms with Gasteiger partial charge in [-0.3, -0.25) is 4.79 Å². The van der Waals surface area contributed by atoms with Crippen molar-refractivity contribution in [1.29, 1.82) is 0 Å². The SMILES string of the molecule is NC(CNC(=O)Cc1ccc(F)c(F)c1)C1CC1. The lowest BCUT2D eigenvalue weighted by atomic mass is 10.1. The second-order valence-corrected chi connectivity index (χ2v) is 4.73. The van der Waals surface area contributed by atoms with Gasteiger partial charge in [0.25, 0.3) is 0 Å². The summed E-state index contributed by atoms with van der Waals surface area (Å²) < 4.78 is 25.6. The van der Waals surface area contributed by atoms with Gasteiger partial charge in [-0.2, -0.15) is 0 Å². The van der Waals surface area contributed by atoms with Crippen LogP contribution in [0.4, 0.5) is 8.78 Å². The highest BCUT2D eigenvalue weighted by Gasteiger charge is 2.28. The first kappa shape index (κ1) is 13.0. The molecule has 2 rings (SSSR count). The highest BCUT2D eigenvalue weighted by atomic mass is 19.2. The van der Waals surface area contributed by atoms with Crippen LogP contribution in [0.25, 0.3) is 0 Å². The molecule has 0 aliphatic heterocycles. The van der Waals surface area contributed by atoms with Crippen molar-refractivity contribution in [3.05, 3.63) is 35.4 Å². The zero-order valence-electron chi connectivity index (χ0n) is 9.96. The Kier molecular flexibility index (Phi) is 3.91. The van der Waals surface area contributed by atoms with E-state index in [1.807, 2.05) is 0 Å². The third-order valence-corrected chi connectivity index (χ3v) is 3.11. The van der Waals surface area contributed by atoms with Crippen LogP contribution in [0.1, 0.15) is 18.4 Å². The summed E-state index contributed by atoms with van der Waals surface area (Å²) in [7, 11) is 0. The van der Waals surface area contributed by atoms with Gasteiger partial charge in [-0.1, -0.05) is 6.07 Å². The van der Waals surface area contributed by atoms with Gasteiger partial charge in [0.15, 0.2) is 11.6 Å². The van der Waals surface area contributed by atoms with Crippen molar-refractivity contribution in [3.63, 3.8) is 0 Å². The van der Waals surface area contributed by atoms with E-state index in [9.17, 15) is 13.6 Å². The van der Waals surface area contributed by atoms with Gasteiger partial charge in [-0.25, -0.2) is 8.78 Å². The second kappa shape index (κ2) is 5.44. The van der Waals surface area contributed by atoms with Gasteiger partial charge in [0.2, 0.25) is 5.91 Å². The first-order chi connectivity index (χ1) is 8.56.